The molecule has 3 aromatic rings. The third-order valence-electron chi connectivity index (χ3n) is 5.11. The highest BCUT2D eigenvalue weighted by molar-refractivity contribution is 5.78. The molecule has 0 unspecified atom stereocenters. The fourth-order valence-corrected chi connectivity index (χ4v) is 3.60. The summed E-state index contributed by atoms with van der Waals surface area (Å²) >= 11 is 0. The molecule has 8 heteroatoms. The summed E-state index contributed by atoms with van der Waals surface area (Å²) in [5.41, 5.74) is 2.01. The summed E-state index contributed by atoms with van der Waals surface area (Å²) in [5.74, 6) is 0.776. The molecule has 150 valence electrons. The van der Waals surface area contributed by atoms with E-state index in [1.807, 2.05) is 54.2 Å². The van der Waals surface area contributed by atoms with Crippen LogP contribution in [-0.2, 0) is 4.79 Å². The lowest BCUT2D eigenvalue weighted by atomic mass is 10.1. The second-order valence-electron chi connectivity index (χ2n) is 7.11. The van der Waals surface area contributed by atoms with Crippen molar-refractivity contribution < 1.29 is 4.79 Å². The molecular formula is C21H25N7O. The lowest BCUT2D eigenvalue weighted by Gasteiger charge is -2.34. The normalized spacial score (nSPS) is 15.8. The Balaban J connectivity index is 1.32. The van der Waals surface area contributed by atoms with E-state index in [0.29, 0.717) is 6.54 Å². The predicted molar refractivity (Wildman–Crippen MR) is 111 cm³/mol. The highest BCUT2D eigenvalue weighted by atomic mass is 16.2. The Kier molecular flexibility index (Phi) is 5.81. The van der Waals surface area contributed by atoms with Crippen molar-refractivity contribution >= 4 is 11.9 Å². The van der Waals surface area contributed by atoms with E-state index in [9.17, 15) is 4.79 Å². The molecule has 1 amide bonds. The Labute approximate surface area is 170 Å². The summed E-state index contributed by atoms with van der Waals surface area (Å²) in [5, 5.41) is 7.44. The summed E-state index contributed by atoms with van der Waals surface area (Å²) in [6.45, 7) is 5.64. The first-order valence-electron chi connectivity index (χ1n) is 9.83. The number of aromatic nitrogens is 4. The zero-order valence-electron chi connectivity index (χ0n) is 16.5. The van der Waals surface area contributed by atoms with Crippen LogP contribution in [0.4, 0.5) is 5.95 Å². The van der Waals surface area contributed by atoms with E-state index in [2.05, 4.69) is 30.2 Å². The Hall–Kier alpha value is -3.26. The predicted octanol–water partition coefficient (Wildman–Crippen LogP) is 1.66. The van der Waals surface area contributed by atoms with Gasteiger partial charge in [0.2, 0.25) is 11.9 Å². The number of carbonyl (C=O) groups excluding carboxylic acids is 1. The van der Waals surface area contributed by atoms with Crippen LogP contribution in [0.25, 0.3) is 5.69 Å². The maximum atomic E-state index is 12.6. The Morgan fingerprint density at radius 2 is 1.79 bits per heavy atom. The van der Waals surface area contributed by atoms with Gasteiger partial charge in [-0.1, -0.05) is 18.2 Å². The average molecular weight is 391 g/mol. The van der Waals surface area contributed by atoms with Crippen molar-refractivity contribution in [3.8, 4) is 5.69 Å². The number of nitrogens with one attached hydrogen (secondary N) is 1. The number of hydrogen-bond acceptors (Lipinski definition) is 6. The first-order valence-corrected chi connectivity index (χ1v) is 9.83. The maximum Gasteiger partial charge on any atom is 0.234 e. The topological polar surface area (TPSA) is 79.2 Å². The molecule has 1 aromatic carbocycles. The van der Waals surface area contributed by atoms with Crippen LogP contribution in [0.1, 0.15) is 18.5 Å². The number of carbonyl (C=O) groups is 1. The second-order valence-corrected chi connectivity index (χ2v) is 7.11. The summed E-state index contributed by atoms with van der Waals surface area (Å²) < 4.78 is 1.82. The lowest BCUT2D eigenvalue weighted by Crippen LogP contribution is -2.50. The van der Waals surface area contributed by atoms with Crippen LogP contribution in [0.3, 0.4) is 0 Å². The monoisotopic (exact) mass is 391 g/mol. The third kappa shape index (κ3) is 4.60. The van der Waals surface area contributed by atoms with Crippen LogP contribution >= 0.6 is 0 Å². The van der Waals surface area contributed by atoms with Gasteiger partial charge in [-0.25, -0.2) is 14.6 Å². The minimum absolute atomic E-state index is 0.0252. The molecule has 8 nitrogen and oxygen atoms in total. The van der Waals surface area contributed by atoms with Crippen molar-refractivity contribution in [2.45, 2.75) is 13.0 Å². The lowest BCUT2D eigenvalue weighted by molar-refractivity contribution is -0.123. The molecule has 0 bridgehead atoms. The van der Waals surface area contributed by atoms with Gasteiger partial charge < -0.3 is 10.2 Å². The molecule has 29 heavy (non-hydrogen) atoms. The number of rotatable bonds is 6. The molecule has 1 saturated heterocycles. The van der Waals surface area contributed by atoms with Crippen molar-refractivity contribution in [2.75, 3.05) is 37.6 Å². The fraction of sp³-hybridized carbons (Fsp3) is 0.333. The van der Waals surface area contributed by atoms with Gasteiger partial charge in [-0.05, 0) is 30.7 Å². The molecule has 0 aliphatic carbocycles. The number of piperazine rings is 1. The van der Waals surface area contributed by atoms with Crippen molar-refractivity contribution in [1.82, 2.24) is 30.0 Å². The SMILES string of the molecule is C[C@H](NC(=O)CN1CCN(c2ncccn2)CC1)c1ccccc1-n1cccn1. The smallest absolute Gasteiger partial charge is 0.234 e. The van der Waals surface area contributed by atoms with Crippen LogP contribution in [0.5, 0.6) is 0 Å². The van der Waals surface area contributed by atoms with Gasteiger partial charge in [0, 0.05) is 51.0 Å². The van der Waals surface area contributed by atoms with Gasteiger partial charge in [-0.3, -0.25) is 9.69 Å². The van der Waals surface area contributed by atoms with E-state index in [4.69, 9.17) is 0 Å². The van der Waals surface area contributed by atoms with Crippen LogP contribution in [0, 0.1) is 0 Å². The van der Waals surface area contributed by atoms with E-state index >= 15 is 0 Å². The van der Waals surface area contributed by atoms with Crippen LogP contribution in [0.2, 0.25) is 0 Å². The molecule has 3 heterocycles. The summed E-state index contributed by atoms with van der Waals surface area (Å²) in [6, 6.07) is 11.6. The van der Waals surface area contributed by atoms with Crippen molar-refractivity contribution in [3.63, 3.8) is 0 Å². The minimum atomic E-state index is -0.109. The Morgan fingerprint density at radius 1 is 1.03 bits per heavy atom. The Bertz CT molecular complexity index is 921. The molecule has 1 atom stereocenters. The Morgan fingerprint density at radius 3 is 2.52 bits per heavy atom. The molecule has 2 aromatic heterocycles. The molecule has 1 aliphatic rings. The zero-order valence-corrected chi connectivity index (χ0v) is 16.5. The summed E-state index contributed by atoms with van der Waals surface area (Å²) in [6.07, 6.45) is 7.17. The van der Waals surface area contributed by atoms with E-state index in [0.717, 1.165) is 43.4 Å². The molecule has 1 N–H and O–H groups in total. The van der Waals surface area contributed by atoms with Crippen molar-refractivity contribution in [2.24, 2.45) is 0 Å². The number of para-hydroxylation sites is 1. The van der Waals surface area contributed by atoms with Crippen LogP contribution < -0.4 is 10.2 Å². The van der Waals surface area contributed by atoms with Gasteiger partial charge >= 0.3 is 0 Å². The van der Waals surface area contributed by atoms with Gasteiger partial charge in [-0.2, -0.15) is 5.10 Å². The van der Waals surface area contributed by atoms with E-state index in [1.54, 1.807) is 18.6 Å². The number of hydrogen-bond donors (Lipinski definition) is 1. The highest BCUT2D eigenvalue weighted by Gasteiger charge is 2.21. The van der Waals surface area contributed by atoms with Gasteiger partial charge in [0.1, 0.15) is 0 Å². The first-order chi connectivity index (χ1) is 14.2. The van der Waals surface area contributed by atoms with Crippen molar-refractivity contribution in [1.29, 1.82) is 0 Å². The number of nitrogens with zero attached hydrogens (tertiary/aromatic N) is 6. The molecule has 0 radical (unpaired) electrons. The largest absolute Gasteiger partial charge is 0.348 e. The van der Waals surface area contributed by atoms with E-state index < -0.39 is 0 Å². The second kappa shape index (κ2) is 8.83. The van der Waals surface area contributed by atoms with Gasteiger partial charge in [0.05, 0.1) is 18.3 Å². The molecule has 0 spiro atoms. The number of amides is 1. The molecule has 1 fully saturated rings. The van der Waals surface area contributed by atoms with Crippen LogP contribution in [-0.4, -0.2) is 63.3 Å². The maximum absolute atomic E-state index is 12.6. The average Bonchev–Trinajstić information content (AvgIpc) is 3.29. The van der Waals surface area contributed by atoms with E-state index in [-0.39, 0.29) is 11.9 Å². The molecular weight excluding hydrogens is 366 g/mol. The standard InChI is InChI=1S/C21H25N7O/c1-17(18-6-2-3-7-19(18)28-11-5-10-24-28)25-20(29)16-26-12-14-27(15-13-26)21-22-8-4-9-23-21/h2-11,17H,12-16H2,1H3,(H,25,29)/t17-/m0/s1. The fourth-order valence-electron chi connectivity index (χ4n) is 3.60. The highest BCUT2D eigenvalue weighted by Crippen LogP contribution is 2.21. The minimum Gasteiger partial charge on any atom is -0.348 e. The van der Waals surface area contributed by atoms with E-state index in [1.165, 1.54) is 0 Å². The van der Waals surface area contributed by atoms with Gasteiger partial charge in [-0.15, -0.1) is 0 Å². The van der Waals surface area contributed by atoms with Crippen molar-refractivity contribution in [3.05, 3.63) is 66.7 Å². The summed E-state index contributed by atoms with van der Waals surface area (Å²) in [7, 11) is 0. The number of anilines is 1. The first kappa shape index (κ1) is 19.1. The van der Waals surface area contributed by atoms with Gasteiger partial charge in [0.25, 0.3) is 0 Å². The van der Waals surface area contributed by atoms with Gasteiger partial charge in [0.15, 0.2) is 0 Å². The zero-order chi connectivity index (χ0) is 20.1. The molecule has 1 aliphatic heterocycles. The van der Waals surface area contributed by atoms with Crippen LogP contribution in [0.15, 0.2) is 61.2 Å². The quantitative estimate of drug-likeness (QED) is 0.689. The molecule has 4 rings (SSSR count). The molecule has 0 saturated carbocycles. The third-order valence-corrected chi connectivity index (χ3v) is 5.11. The number of benzene rings is 1. The summed E-state index contributed by atoms with van der Waals surface area (Å²) in [4.78, 5) is 25.5.